The first-order valence-electron chi connectivity index (χ1n) is 8.86. The molecule has 2 amide bonds. The van der Waals surface area contributed by atoms with Crippen molar-refractivity contribution in [3.05, 3.63) is 59.3 Å². The van der Waals surface area contributed by atoms with E-state index in [-0.39, 0.29) is 11.5 Å². The number of amides is 2. The van der Waals surface area contributed by atoms with Crippen molar-refractivity contribution in [1.82, 2.24) is 19.5 Å². The molecule has 0 fully saturated rings. The van der Waals surface area contributed by atoms with E-state index in [0.717, 1.165) is 10.8 Å². The molecule has 0 spiro atoms. The third-order valence-electron chi connectivity index (χ3n) is 4.38. The normalized spacial score (nSPS) is 11.7. The summed E-state index contributed by atoms with van der Waals surface area (Å²) in [6.45, 7) is 5.72. The van der Waals surface area contributed by atoms with Crippen molar-refractivity contribution in [1.29, 1.82) is 0 Å². The van der Waals surface area contributed by atoms with Gasteiger partial charge in [-0.15, -0.1) is 0 Å². The van der Waals surface area contributed by atoms with Gasteiger partial charge in [-0.05, 0) is 43.7 Å². The predicted octanol–water partition coefficient (Wildman–Crippen LogP) is 3.67. The first kappa shape index (κ1) is 17.7. The molecule has 0 unspecified atom stereocenters. The number of rotatable bonds is 2. The van der Waals surface area contributed by atoms with Crippen LogP contribution in [0.25, 0.3) is 21.9 Å². The maximum atomic E-state index is 12.5. The number of H-pyrrole nitrogens is 1. The number of carbonyl (C=O) groups is 1. The van der Waals surface area contributed by atoms with E-state index in [0.29, 0.717) is 16.9 Å². The average Bonchev–Trinajstić information content (AvgIpc) is 2.99. The van der Waals surface area contributed by atoms with Crippen molar-refractivity contribution in [3.63, 3.8) is 0 Å². The Balaban J connectivity index is 1.62. The second-order valence-corrected chi connectivity index (χ2v) is 7.50. The van der Waals surface area contributed by atoms with Gasteiger partial charge in [0.05, 0.1) is 0 Å². The fraction of sp³-hybridized carbons (Fsp3) is 0.200. The van der Waals surface area contributed by atoms with E-state index in [9.17, 15) is 9.59 Å². The number of carbonyl (C=O) groups excluding carboxylic acids is 1. The fourth-order valence-electron chi connectivity index (χ4n) is 3.17. The molecular weight excluding hydrogens is 356 g/mol. The molecule has 0 aliphatic heterocycles. The van der Waals surface area contributed by atoms with E-state index < -0.39 is 11.6 Å². The second kappa shape index (κ2) is 6.49. The number of benzene rings is 2. The molecule has 2 aromatic carbocycles. The van der Waals surface area contributed by atoms with Crippen molar-refractivity contribution >= 4 is 39.5 Å². The van der Waals surface area contributed by atoms with Crippen LogP contribution in [0.1, 0.15) is 20.8 Å². The van der Waals surface area contributed by atoms with E-state index in [2.05, 4.69) is 25.6 Å². The quantitative estimate of drug-likeness (QED) is 0.496. The van der Waals surface area contributed by atoms with Gasteiger partial charge < -0.3 is 10.3 Å². The zero-order valence-corrected chi connectivity index (χ0v) is 15.8. The Morgan fingerprint density at radius 1 is 1.04 bits per heavy atom. The Hall–Kier alpha value is -3.68. The van der Waals surface area contributed by atoms with Gasteiger partial charge in [0.1, 0.15) is 11.8 Å². The molecule has 0 bridgehead atoms. The van der Waals surface area contributed by atoms with Crippen LogP contribution in [-0.4, -0.2) is 25.6 Å². The van der Waals surface area contributed by atoms with Crippen LogP contribution in [0.15, 0.2) is 53.6 Å². The molecule has 0 atom stereocenters. The van der Waals surface area contributed by atoms with E-state index in [1.807, 2.05) is 63.2 Å². The summed E-state index contributed by atoms with van der Waals surface area (Å²) in [7, 11) is 0. The van der Waals surface area contributed by atoms with Gasteiger partial charge in [-0.25, -0.2) is 19.6 Å². The summed E-state index contributed by atoms with van der Waals surface area (Å²) in [4.78, 5) is 35.9. The van der Waals surface area contributed by atoms with Crippen LogP contribution < -0.4 is 16.3 Å². The lowest BCUT2D eigenvalue weighted by Crippen LogP contribution is -2.32. The van der Waals surface area contributed by atoms with Crippen LogP contribution in [0.5, 0.6) is 0 Å². The maximum absolute atomic E-state index is 12.5. The van der Waals surface area contributed by atoms with Crippen LogP contribution in [0, 0.1) is 0 Å². The highest BCUT2D eigenvalue weighted by Crippen LogP contribution is 2.22. The van der Waals surface area contributed by atoms with Crippen molar-refractivity contribution in [2.24, 2.45) is 0 Å². The Morgan fingerprint density at radius 2 is 1.79 bits per heavy atom. The van der Waals surface area contributed by atoms with Crippen LogP contribution in [0.3, 0.4) is 0 Å². The number of hydrogen-bond donors (Lipinski definition) is 3. The van der Waals surface area contributed by atoms with Gasteiger partial charge in [0.15, 0.2) is 11.5 Å². The van der Waals surface area contributed by atoms with E-state index in [1.165, 1.54) is 10.9 Å². The van der Waals surface area contributed by atoms with Crippen molar-refractivity contribution < 1.29 is 4.79 Å². The molecule has 8 heteroatoms. The highest BCUT2D eigenvalue weighted by atomic mass is 16.2. The number of nitrogens with one attached hydrogen (secondary N) is 3. The number of aromatic nitrogens is 4. The lowest BCUT2D eigenvalue weighted by molar-refractivity contribution is 0.262. The number of aromatic amines is 1. The summed E-state index contributed by atoms with van der Waals surface area (Å²) in [5, 5.41) is 7.59. The van der Waals surface area contributed by atoms with Gasteiger partial charge in [-0.3, -0.25) is 9.88 Å². The summed E-state index contributed by atoms with van der Waals surface area (Å²) in [6, 6.07) is 13.1. The molecule has 8 nitrogen and oxygen atoms in total. The van der Waals surface area contributed by atoms with Crippen molar-refractivity contribution in [3.8, 4) is 0 Å². The minimum atomic E-state index is -0.464. The predicted molar refractivity (Wildman–Crippen MR) is 110 cm³/mol. The highest BCUT2D eigenvalue weighted by Gasteiger charge is 2.22. The first-order valence-corrected chi connectivity index (χ1v) is 8.86. The molecule has 4 aromatic rings. The number of urea groups is 1. The number of imidazole rings is 1. The lowest BCUT2D eigenvalue weighted by atomic mass is 10.1. The van der Waals surface area contributed by atoms with Crippen molar-refractivity contribution in [2.75, 3.05) is 10.6 Å². The molecule has 4 rings (SSSR count). The Bertz CT molecular complexity index is 1250. The van der Waals surface area contributed by atoms with Crippen LogP contribution in [-0.2, 0) is 5.54 Å². The molecule has 0 radical (unpaired) electrons. The Morgan fingerprint density at radius 3 is 2.54 bits per heavy atom. The maximum Gasteiger partial charge on any atom is 0.328 e. The largest absolute Gasteiger partial charge is 0.328 e. The minimum Gasteiger partial charge on any atom is -0.308 e. The van der Waals surface area contributed by atoms with E-state index in [1.54, 1.807) is 0 Å². The standard InChI is InChI=1S/C20H20N6O2/c1-20(2,3)26-17-15(24-19(26)28)16(21-11-22-17)25-18(27)23-14-9-8-12-6-4-5-7-13(12)10-14/h4-11H,1-3H3,(H,24,28)(H2,21,22,23,25,27). The monoisotopic (exact) mass is 376 g/mol. The molecule has 2 aromatic heterocycles. The van der Waals surface area contributed by atoms with Gasteiger partial charge in [0, 0.05) is 11.2 Å². The fourth-order valence-corrected chi connectivity index (χ4v) is 3.17. The first-order chi connectivity index (χ1) is 13.3. The third-order valence-corrected chi connectivity index (χ3v) is 4.38. The minimum absolute atomic E-state index is 0.239. The van der Waals surface area contributed by atoms with Gasteiger partial charge in [0.25, 0.3) is 0 Å². The summed E-state index contributed by atoms with van der Waals surface area (Å²) in [6.07, 6.45) is 1.32. The van der Waals surface area contributed by atoms with E-state index in [4.69, 9.17) is 0 Å². The molecule has 28 heavy (non-hydrogen) atoms. The zero-order valence-electron chi connectivity index (χ0n) is 15.8. The van der Waals surface area contributed by atoms with E-state index >= 15 is 0 Å². The smallest absolute Gasteiger partial charge is 0.308 e. The molecule has 0 saturated heterocycles. The molecule has 2 heterocycles. The molecule has 3 N–H and O–H groups in total. The lowest BCUT2D eigenvalue weighted by Gasteiger charge is -2.19. The van der Waals surface area contributed by atoms with Crippen molar-refractivity contribution in [2.45, 2.75) is 26.3 Å². The Kier molecular flexibility index (Phi) is 4.11. The SMILES string of the molecule is CC(C)(C)n1c(=O)[nH]c2c(NC(=O)Nc3ccc4ccccc4c3)ncnc21. The summed E-state index contributed by atoms with van der Waals surface area (Å²) < 4.78 is 1.54. The third kappa shape index (κ3) is 3.20. The van der Waals surface area contributed by atoms with Gasteiger partial charge in [-0.1, -0.05) is 30.3 Å². The number of hydrogen-bond acceptors (Lipinski definition) is 4. The number of anilines is 2. The van der Waals surface area contributed by atoms with Crippen LogP contribution in [0.4, 0.5) is 16.3 Å². The second-order valence-electron chi connectivity index (χ2n) is 7.50. The topological polar surface area (TPSA) is 105 Å². The molecule has 0 aliphatic carbocycles. The number of fused-ring (bicyclic) bond motifs is 2. The Labute approximate surface area is 160 Å². The number of nitrogens with zero attached hydrogens (tertiary/aromatic N) is 3. The molecular formula is C20H20N6O2. The summed E-state index contributed by atoms with van der Waals surface area (Å²) in [5.41, 5.74) is 0.710. The zero-order chi connectivity index (χ0) is 19.9. The molecule has 0 aliphatic rings. The summed E-state index contributed by atoms with van der Waals surface area (Å²) >= 11 is 0. The van der Waals surface area contributed by atoms with Gasteiger partial charge in [-0.2, -0.15) is 0 Å². The molecule has 142 valence electrons. The molecule has 0 saturated carbocycles. The van der Waals surface area contributed by atoms with Crippen LogP contribution in [0.2, 0.25) is 0 Å². The van der Waals surface area contributed by atoms with Crippen LogP contribution >= 0.6 is 0 Å². The highest BCUT2D eigenvalue weighted by molar-refractivity contribution is 6.03. The van der Waals surface area contributed by atoms with Gasteiger partial charge in [0.2, 0.25) is 0 Å². The average molecular weight is 376 g/mol. The van der Waals surface area contributed by atoms with Gasteiger partial charge >= 0.3 is 11.7 Å². The summed E-state index contributed by atoms with van der Waals surface area (Å²) in [5.74, 6) is 0.239.